The number of thiol groups is 1. The maximum Gasteiger partial charge on any atom is 0.389 e. The lowest BCUT2D eigenvalue weighted by Crippen LogP contribution is -2.32. The summed E-state index contributed by atoms with van der Waals surface area (Å²) in [5.74, 6) is 0.0834. The summed E-state index contributed by atoms with van der Waals surface area (Å²) in [5.41, 5.74) is 12.3. The predicted molar refractivity (Wildman–Crippen MR) is 139 cm³/mol. The van der Waals surface area contributed by atoms with Crippen LogP contribution in [0.4, 0.5) is 20.4 Å². The molecule has 4 aromatic rings. The van der Waals surface area contributed by atoms with Crippen LogP contribution in [-0.4, -0.2) is 82.6 Å². The smallest absolute Gasteiger partial charge is 0.382 e. The van der Waals surface area contributed by atoms with Crippen molar-refractivity contribution in [1.82, 2.24) is 39.0 Å². The third-order valence-corrected chi connectivity index (χ3v) is 9.22. The van der Waals surface area contributed by atoms with Gasteiger partial charge in [-0.15, -0.1) is 0 Å². The van der Waals surface area contributed by atoms with Crippen LogP contribution in [0, 0.1) is 0 Å². The largest absolute Gasteiger partial charge is 0.389 e. The van der Waals surface area contributed by atoms with Crippen LogP contribution >= 0.6 is 27.3 Å². The molecule has 18 nitrogen and oxygen atoms in total. The second kappa shape index (κ2) is 10.4. The fourth-order valence-corrected chi connectivity index (χ4v) is 7.36. The molecular formula is C19H20F2N10O8P2S. The van der Waals surface area contributed by atoms with E-state index in [0.29, 0.717) is 0 Å². The van der Waals surface area contributed by atoms with Gasteiger partial charge in [0.05, 0.1) is 19.3 Å². The zero-order valence-corrected chi connectivity index (χ0v) is 23.6. The van der Waals surface area contributed by atoms with Crippen molar-refractivity contribution < 1.29 is 45.5 Å². The number of aromatic nitrogens is 8. The van der Waals surface area contributed by atoms with Crippen molar-refractivity contribution in [1.29, 1.82) is 0 Å². The fourth-order valence-electron chi connectivity index (χ4n) is 4.92. The number of nitrogen functional groups attached to an aromatic ring is 2. The Kier molecular flexibility index (Phi) is 6.91. The first-order chi connectivity index (χ1) is 20.1. The van der Waals surface area contributed by atoms with E-state index in [-0.39, 0.29) is 34.0 Å². The first-order valence-corrected chi connectivity index (χ1v) is 16.0. The zero-order chi connectivity index (χ0) is 29.3. The lowest BCUT2D eigenvalue weighted by molar-refractivity contribution is -0.121. The quantitative estimate of drug-likeness (QED) is 0.207. The van der Waals surface area contributed by atoms with E-state index < -0.39 is 71.1 Å². The lowest BCUT2D eigenvalue weighted by atomic mass is 10.1. The van der Waals surface area contributed by atoms with Crippen LogP contribution in [0.5, 0.6) is 0 Å². The van der Waals surface area contributed by atoms with Crippen LogP contribution in [0.1, 0.15) is 12.5 Å². The van der Waals surface area contributed by atoms with Gasteiger partial charge in [-0.2, -0.15) is 0 Å². The second-order valence-electron chi connectivity index (χ2n) is 9.30. The Morgan fingerprint density at radius 1 is 0.881 bits per heavy atom. The number of hydrogen-bond donors (Lipinski definition) is 3. The Hall–Kier alpha value is -2.87. The summed E-state index contributed by atoms with van der Waals surface area (Å²) in [7, 11) is -3.51. The number of fused-ring (bicyclic) bond motifs is 6. The third-order valence-electron chi connectivity index (χ3n) is 6.80. The molecule has 4 aromatic heterocycles. The molecule has 7 rings (SSSR count). The molecule has 3 fully saturated rings. The van der Waals surface area contributed by atoms with E-state index in [9.17, 15) is 9.13 Å². The fraction of sp³-hybridized carbons (Fsp3) is 0.474. The molecule has 3 saturated heterocycles. The molecule has 4 bridgehead atoms. The van der Waals surface area contributed by atoms with E-state index >= 15 is 8.78 Å². The number of ether oxygens (including phenoxy) is 2. The van der Waals surface area contributed by atoms with Crippen LogP contribution in [0.3, 0.4) is 0 Å². The highest BCUT2D eigenvalue weighted by Crippen LogP contribution is 2.60. The van der Waals surface area contributed by atoms with Gasteiger partial charge < -0.3 is 25.5 Å². The van der Waals surface area contributed by atoms with Gasteiger partial charge in [0.2, 0.25) is 6.29 Å². The van der Waals surface area contributed by atoms with E-state index in [4.69, 9.17) is 39.0 Å². The van der Waals surface area contributed by atoms with E-state index in [2.05, 4.69) is 42.2 Å². The Morgan fingerprint density at radius 2 is 1.48 bits per heavy atom. The first kappa shape index (κ1) is 27.9. The number of hydrogen-bond acceptors (Lipinski definition) is 16. The topological polar surface area (TPSA) is 229 Å². The predicted octanol–water partition coefficient (Wildman–Crippen LogP) is 1.50. The monoisotopic (exact) mass is 648 g/mol. The van der Waals surface area contributed by atoms with E-state index in [0.717, 1.165) is 12.7 Å². The van der Waals surface area contributed by atoms with Crippen molar-refractivity contribution in [2.75, 3.05) is 18.1 Å². The molecule has 0 amide bonds. The SMILES string of the molecule is Nc1ncnc2c1ncn2[C@@H]1O[C@@H]2O[P@@](=O)(S)O[C@@H]3[C@H](F)[C@@H](CO[PH](=O)O[C@@H]1[C@@H]2F)O[C@H]3n1cnc2c(N)ncnc21. The molecule has 0 spiro atoms. The molecular weight excluding hydrogens is 628 g/mol. The van der Waals surface area contributed by atoms with E-state index in [1.807, 2.05) is 0 Å². The number of imidazole rings is 2. The van der Waals surface area contributed by atoms with Gasteiger partial charge in [0.15, 0.2) is 47.7 Å². The molecule has 10 atom stereocenters. The first-order valence-electron chi connectivity index (χ1n) is 12.1. The minimum Gasteiger partial charge on any atom is -0.382 e. The Morgan fingerprint density at radius 3 is 2.10 bits per heavy atom. The standard InChI is InChI=1S/C19H20F2N10O8P2S/c20-7-6-1-34-40(32)37-11-8(21)19(36-17(11)30-4-28-9-13(22)24-2-26-15(9)30)39-41(33,42)38-12(7)18(35-6)31-5-29-10-14(23)25-3-27-16(10)31/h2-8,11-12,17-19,40H,1H2,(H,33,42)(H2,22,24,26)(H2,23,25,27)/t6-,7-,8+,11-,12-,17-,18-,19-,41+/m1/s1. The van der Waals surface area contributed by atoms with Gasteiger partial charge in [-0.25, -0.2) is 43.2 Å². The normalized spacial score (nSPS) is 37.5. The van der Waals surface area contributed by atoms with Gasteiger partial charge >= 0.3 is 15.1 Å². The molecule has 0 aliphatic carbocycles. The van der Waals surface area contributed by atoms with Crippen LogP contribution in [0.25, 0.3) is 22.3 Å². The van der Waals surface area contributed by atoms with Gasteiger partial charge in [0.1, 0.15) is 42.0 Å². The highest BCUT2D eigenvalue weighted by molar-refractivity contribution is 8.44. The molecule has 4 N–H and O–H groups in total. The number of nitrogens with zero attached hydrogens (tertiary/aromatic N) is 8. The van der Waals surface area contributed by atoms with E-state index in [1.165, 1.54) is 21.8 Å². The van der Waals surface area contributed by atoms with Crippen LogP contribution in [0.2, 0.25) is 0 Å². The number of rotatable bonds is 2. The molecule has 0 aromatic carbocycles. The maximum absolute atomic E-state index is 15.7. The third kappa shape index (κ3) is 4.65. The minimum absolute atomic E-state index is 0.0387. The second-order valence-corrected chi connectivity index (χ2v) is 13.2. The van der Waals surface area contributed by atoms with Gasteiger partial charge in [0, 0.05) is 0 Å². The number of nitrogens with two attached hydrogens (primary N) is 2. The number of halogens is 2. The molecule has 23 heteroatoms. The Balaban J connectivity index is 1.23. The van der Waals surface area contributed by atoms with Crippen LogP contribution in [-0.2, 0) is 36.7 Å². The average molecular weight is 648 g/mol. The molecule has 0 radical (unpaired) electrons. The highest BCUT2D eigenvalue weighted by atomic mass is 32.7. The van der Waals surface area contributed by atoms with Gasteiger partial charge in [-0.05, 0) is 0 Å². The summed E-state index contributed by atoms with van der Waals surface area (Å²) >= 11 is 3.96. The highest BCUT2D eigenvalue weighted by Gasteiger charge is 2.55. The summed E-state index contributed by atoms with van der Waals surface area (Å²) in [6, 6.07) is 0. The summed E-state index contributed by atoms with van der Waals surface area (Å²) in [5, 5.41) is 0. The van der Waals surface area contributed by atoms with Gasteiger partial charge in [0.25, 0.3) is 0 Å². The van der Waals surface area contributed by atoms with Crippen LogP contribution in [0.15, 0.2) is 25.3 Å². The lowest BCUT2D eigenvalue weighted by Gasteiger charge is -2.25. The summed E-state index contributed by atoms with van der Waals surface area (Å²) in [6.45, 7) is -5.24. The molecule has 3 aliphatic heterocycles. The number of anilines is 2. The molecule has 224 valence electrons. The average Bonchev–Trinajstić information content (AvgIpc) is 3.70. The minimum atomic E-state index is -4.62. The number of alkyl halides is 2. The molecule has 7 heterocycles. The zero-order valence-electron chi connectivity index (χ0n) is 20.8. The Bertz CT molecular complexity index is 1750. The van der Waals surface area contributed by atoms with Gasteiger partial charge in [-0.3, -0.25) is 27.3 Å². The molecule has 42 heavy (non-hydrogen) atoms. The van der Waals surface area contributed by atoms with Crippen molar-refractivity contribution in [3.63, 3.8) is 0 Å². The molecule has 3 aliphatic rings. The van der Waals surface area contributed by atoms with Crippen molar-refractivity contribution in [2.45, 2.75) is 49.4 Å². The van der Waals surface area contributed by atoms with Gasteiger partial charge in [-0.1, -0.05) is 12.2 Å². The summed E-state index contributed by atoms with van der Waals surface area (Å²) in [4.78, 5) is 24.1. The van der Waals surface area contributed by atoms with E-state index in [1.54, 1.807) is 0 Å². The maximum atomic E-state index is 15.7. The summed E-state index contributed by atoms with van der Waals surface area (Å²) < 4.78 is 93.3. The van der Waals surface area contributed by atoms with Crippen molar-refractivity contribution >= 4 is 61.3 Å². The van der Waals surface area contributed by atoms with Crippen molar-refractivity contribution in [3.05, 3.63) is 25.3 Å². The van der Waals surface area contributed by atoms with Crippen LogP contribution < -0.4 is 11.5 Å². The summed E-state index contributed by atoms with van der Waals surface area (Å²) in [6.07, 6.45) is -8.93. The molecule has 0 saturated carbocycles. The van der Waals surface area contributed by atoms with Crippen molar-refractivity contribution in [2.24, 2.45) is 0 Å². The van der Waals surface area contributed by atoms with Crippen molar-refractivity contribution in [3.8, 4) is 0 Å². The Labute approximate surface area is 238 Å². The molecule has 1 unspecified atom stereocenters.